The molecule has 0 aliphatic carbocycles. The Balaban J connectivity index is 1.57. The molecule has 0 unspecified atom stereocenters. The van der Waals surface area contributed by atoms with Gasteiger partial charge in [0.15, 0.2) is 4.96 Å². The van der Waals surface area contributed by atoms with Crippen LogP contribution < -0.4 is 5.32 Å². The second kappa shape index (κ2) is 5.94. The van der Waals surface area contributed by atoms with Gasteiger partial charge in [-0.25, -0.2) is 4.98 Å². The number of carbonyl (C=O) groups excluding carboxylic acids is 1. The topological polar surface area (TPSA) is 59.3 Å². The Morgan fingerprint density at radius 3 is 2.87 bits per heavy atom. The average Bonchev–Trinajstić information content (AvgIpc) is 3.29. The number of fused-ring (bicyclic) bond motifs is 1. The third kappa shape index (κ3) is 2.76. The normalized spacial score (nSPS) is 11.0. The van der Waals surface area contributed by atoms with Gasteiger partial charge in [-0.05, 0) is 29.1 Å². The molecule has 0 atom stereocenters. The first kappa shape index (κ1) is 14.1. The van der Waals surface area contributed by atoms with E-state index < -0.39 is 0 Å². The van der Waals surface area contributed by atoms with E-state index in [4.69, 9.17) is 0 Å². The van der Waals surface area contributed by atoms with Crippen molar-refractivity contribution in [1.29, 1.82) is 0 Å². The Hall–Kier alpha value is -2.51. The van der Waals surface area contributed by atoms with E-state index in [0.29, 0.717) is 12.2 Å². The van der Waals surface area contributed by atoms with Gasteiger partial charge in [0.2, 0.25) is 0 Å². The molecule has 0 fully saturated rings. The lowest BCUT2D eigenvalue weighted by atomic mass is 10.2. The maximum absolute atomic E-state index is 12.4. The van der Waals surface area contributed by atoms with Crippen LogP contribution in [0.25, 0.3) is 15.5 Å². The number of hydrogen-bond acceptors (Lipinski definition) is 5. The van der Waals surface area contributed by atoms with Gasteiger partial charge < -0.3 is 5.32 Å². The molecule has 4 rings (SSSR count). The number of thiazole rings is 1. The Labute approximate surface area is 140 Å². The average molecular weight is 340 g/mol. The molecule has 0 aromatic carbocycles. The molecule has 4 heterocycles. The number of rotatable bonds is 4. The monoisotopic (exact) mass is 340 g/mol. The van der Waals surface area contributed by atoms with Crippen LogP contribution >= 0.6 is 22.7 Å². The largest absolute Gasteiger partial charge is 0.347 e. The third-order valence-corrected chi connectivity index (χ3v) is 5.15. The number of pyridine rings is 1. The fourth-order valence-electron chi connectivity index (χ4n) is 2.26. The minimum absolute atomic E-state index is 0.108. The summed E-state index contributed by atoms with van der Waals surface area (Å²) in [5, 5.41) is 6.79. The molecule has 0 radical (unpaired) electrons. The van der Waals surface area contributed by atoms with Crippen molar-refractivity contribution in [2.24, 2.45) is 0 Å². The van der Waals surface area contributed by atoms with Gasteiger partial charge >= 0.3 is 0 Å². The molecule has 0 aliphatic rings. The van der Waals surface area contributed by atoms with Gasteiger partial charge in [-0.15, -0.1) is 22.7 Å². The van der Waals surface area contributed by atoms with Crippen molar-refractivity contribution in [2.75, 3.05) is 0 Å². The zero-order valence-electron chi connectivity index (χ0n) is 12.0. The standard InChI is InChI=1S/C16H12N4OS2/c21-15(18-8-11-3-5-17-6-4-11)13-10-23-16-19-12(9-20(13)16)14-2-1-7-22-14/h1-7,9-10H,8H2,(H,18,21). The second-order valence-electron chi connectivity index (χ2n) is 4.92. The van der Waals surface area contributed by atoms with Gasteiger partial charge in [0, 0.05) is 30.5 Å². The third-order valence-electron chi connectivity index (χ3n) is 3.42. The first-order valence-corrected chi connectivity index (χ1v) is 8.75. The highest BCUT2D eigenvalue weighted by Crippen LogP contribution is 2.26. The Morgan fingerprint density at radius 1 is 1.22 bits per heavy atom. The van der Waals surface area contributed by atoms with Gasteiger partial charge in [-0.2, -0.15) is 0 Å². The quantitative estimate of drug-likeness (QED) is 0.619. The number of amides is 1. The summed E-state index contributed by atoms with van der Waals surface area (Å²) in [6.07, 6.45) is 5.35. The number of imidazole rings is 1. The molecular weight excluding hydrogens is 328 g/mol. The molecule has 5 nitrogen and oxygen atoms in total. The minimum Gasteiger partial charge on any atom is -0.347 e. The Bertz CT molecular complexity index is 941. The van der Waals surface area contributed by atoms with Crippen LogP contribution in [-0.4, -0.2) is 20.3 Å². The summed E-state index contributed by atoms with van der Waals surface area (Å²) in [5.41, 5.74) is 2.52. The number of nitrogens with zero attached hydrogens (tertiary/aromatic N) is 3. The van der Waals surface area contributed by atoms with E-state index in [2.05, 4.69) is 15.3 Å². The molecule has 23 heavy (non-hydrogen) atoms. The first-order chi connectivity index (χ1) is 11.3. The summed E-state index contributed by atoms with van der Waals surface area (Å²) >= 11 is 3.11. The smallest absolute Gasteiger partial charge is 0.269 e. The van der Waals surface area contributed by atoms with E-state index >= 15 is 0 Å². The zero-order chi connectivity index (χ0) is 15.6. The first-order valence-electron chi connectivity index (χ1n) is 6.99. The van der Waals surface area contributed by atoms with Crippen LogP contribution in [0.2, 0.25) is 0 Å². The van der Waals surface area contributed by atoms with Crippen molar-refractivity contribution in [3.63, 3.8) is 0 Å². The fraction of sp³-hybridized carbons (Fsp3) is 0.0625. The van der Waals surface area contributed by atoms with Crippen LogP contribution in [0.4, 0.5) is 0 Å². The molecule has 0 aliphatic heterocycles. The lowest BCUT2D eigenvalue weighted by Crippen LogP contribution is -2.23. The lowest BCUT2D eigenvalue weighted by Gasteiger charge is -2.04. The molecule has 0 saturated heterocycles. The molecular formula is C16H12N4OS2. The molecule has 114 valence electrons. The van der Waals surface area contributed by atoms with Crippen LogP contribution in [0, 0.1) is 0 Å². The van der Waals surface area contributed by atoms with E-state index in [0.717, 1.165) is 21.1 Å². The predicted octanol–water partition coefficient (Wildman–Crippen LogP) is 3.45. The number of nitrogens with one attached hydrogen (secondary N) is 1. The number of thiophene rings is 1. The van der Waals surface area contributed by atoms with E-state index in [1.54, 1.807) is 23.7 Å². The van der Waals surface area contributed by atoms with Gasteiger partial charge in [-0.3, -0.25) is 14.2 Å². The minimum atomic E-state index is -0.108. The van der Waals surface area contributed by atoms with Gasteiger partial charge in [0.1, 0.15) is 11.4 Å². The molecule has 4 aromatic rings. The fourth-order valence-corrected chi connectivity index (χ4v) is 3.80. The van der Waals surface area contributed by atoms with Crippen LogP contribution in [0.3, 0.4) is 0 Å². The zero-order valence-corrected chi connectivity index (χ0v) is 13.6. The molecule has 1 amide bonds. The maximum atomic E-state index is 12.4. The Kier molecular flexibility index (Phi) is 3.64. The molecule has 0 spiro atoms. The van der Waals surface area contributed by atoms with Crippen molar-refractivity contribution in [1.82, 2.24) is 19.7 Å². The summed E-state index contributed by atoms with van der Waals surface area (Å²) in [7, 11) is 0. The molecule has 4 aromatic heterocycles. The molecule has 7 heteroatoms. The SMILES string of the molecule is O=C(NCc1ccncc1)c1csc2nc(-c3cccs3)cn12. The predicted molar refractivity (Wildman–Crippen MR) is 91.8 cm³/mol. The van der Waals surface area contributed by atoms with Crippen molar-refractivity contribution in [3.05, 3.63) is 64.9 Å². The molecule has 0 saturated carbocycles. The summed E-state index contributed by atoms with van der Waals surface area (Å²) in [6.45, 7) is 0.477. The van der Waals surface area contributed by atoms with Crippen molar-refractivity contribution >= 4 is 33.5 Å². The van der Waals surface area contributed by atoms with Crippen molar-refractivity contribution in [2.45, 2.75) is 6.54 Å². The van der Waals surface area contributed by atoms with Crippen LogP contribution in [0.5, 0.6) is 0 Å². The highest BCUT2D eigenvalue weighted by molar-refractivity contribution is 7.15. The van der Waals surface area contributed by atoms with Crippen LogP contribution in [-0.2, 0) is 6.54 Å². The highest BCUT2D eigenvalue weighted by atomic mass is 32.1. The number of hydrogen-bond donors (Lipinski definition) is 1. The summed E-state index contributed by atoms with van der Waals surface area (Å²) in [6, 6.07) is 7.79. The molecule has 0 bridgehead atoms. The van der Waals surface area contributed by atoms with E-state index in [1.165, 1.54) is 11.3 Å². The lowest BCUT2D eigenvalue weighted by molar-refractivity contribution is 0.0945. The number of aromatic nitrogens is 3. The van der Waals surface area contributed by atoms with Crippen molar-refractivity contribution in [3.8, 4) is 10.6 Å². The summed E-state index contributed by atoms with van der Waals surface area (Å²) in [4.78, 5) is 22.9. The maximum Gasteiger partial charge on any atom is 0.269 e. The van der Waals surface area contributed by atoms with Crippen LogP contribution in [0.1, 0.15) is 16.1 Å². The van der Waals surface area contributed by atoms with E-state index in [1.807, 2.05) is 45.6 Å². The van der Waals surface area contributed by atoms with Crippen molar-refractivity contribution < 1.29 is 4.79 Å². The highest BCUT2D eigenvalue weighted by Gasteiger charge is 2.15. The van der Waals surface area contributed by atoms with E-state index in [9.17, 15) is 4.79 Å². The van der Waals surface area contributed by atoms with Gasteiger partial charge in [0.05, 0.1) is 4.88 Å². The second-order valence-corrected chi connectivity index (χ2v) is 6.70. The summed E-state index contributed by atoms with van der Waals surface area (Å²) < 4.78 is 1.85. The molecule has 1 N–H and O–H groups in total. The van der Waals surface area contributed by atoms with Crippen LogP contribution in [0.15, 0.2) is 53.6 Å². The van der Waals surface area contributed by atoms with Gasteiger partial charge in [-0.1, -0.05) is 6.07 Å². The number of carbonyl (C=O) groups is 1. The van der Waals surface area contributed by atoms with Gasteiger partial charge in [0.25, 0.3) is 5.91 Å². The Morgan fingerprint density at radius 2 is 2.09 bits per heavy atom. The summed E-state index contributed by atoms with van der Waals surface area (Å²) in [5.74, 6) is -0.108. The van der Waals surface area contributed by atoms with E-state index in [-0.39, 0.29) is 5.91 Å².